The summed E-state index contributed by atoms with van der Waals surface area (Å²) in [6.07, 6.45) is -0.481. The summed E-state index contributed by atoms with van der Waals surface area (Å²) < 4.78 is 11.0. The number of para-hydroxylation sites is 2. The average molecular weight is 279 g/mol. The van der Waals surface area contributed by atoms with E-state index in [9.17, 15) is 9.59 Å². The molecule has 0 aliphatic carbocycles. The maximum Gasteiger partial charge on any atom is 0.326 e. The molecule has 2 rings (SSSR count). The number of benzene rings is 1. The van der Waals surface area contributed by atoms with Gasteiger partial charge in [0.1, 0.15) is 12.6 Å². The highest BCUT2D eigenvalue weighted by Gasteiger charge is 2.34. The minimum atomic E-state index is -1.03. The van der Waals surface area contributed by atoms with Crippen molar-refractivity contribution in [2.45, 2.75) is 25.5 Å². The number of carboxylic acids is 1. The lowest BCUT2D eigenvalue weighted by molar-refractivity contribution is -0.153. The summed E-state index contributed by atoms with van der Waals surface area (Å²) in [5.74, 6) is -0.340. The van der Waals surface area contributed by atoms with Gasteiger partial charge in [-0.15, -0.1) is 0 Å². The molecule has 6 nitrogen and oxygen atoms in total. The molecular weight excluding hydrogens is 262 g/mol. The van der Waals surface area contributed by atoms with Crippen LogP contribution in [0.15, 0.2) is 24.3 Å². The van der Waals surface area contributed by atoms with Crippen molar-refractivity contribution < 1.29 is 24.2 Å². The molecule has 1 N–H and O–H groups in total. The zero-order chi connectivity index (χ0) is 14.7. The van der Waals surface area contributed by atoms with Gasteiger partial charge < -0.3 is 19.5 Å². The van der Waals surface area contributed by atoms with Crippen LogP contribution in [0.25, 0.3) is 0 Å². The van der Waals surface area contributed by atoms with Crippen molar-refractivity contribution in [3.05, 3.63) is 24.3 Å². The highest BCUT2D eigenvalue weighted by Crippen LogP contribution is 2.31. The molecule has 1 aromatic carbocycles. The van der Waals surface area contributed by atoms with E-state index in [1.807, 2.05) is 6.07 Å². The number of fused-ring (bicyclic) bond motifs is 1. The Balaban J connectivity index is 2.10. The Labute approximate surface area is 116 Å². The minimum Gasteiger partial charge on any atom is -0.485 e. The van der Waals surface area contributed by atoms with Gasteiger partial charge in [0.15, 0.2) is 11.5 Å². The first-order valence-corrected chi connectivity index (χ1v) is 6.42. The number of carbonyl (C=O) groups excluding carboxylic acids is 1. The largest absolute Gasteiger partial charge is 0.485 e. The number of likely N-dealkylation sites (N-methyl/N-ethyl adjacent to an activating group) is 1. The number of rotatable bonds is 4. The number of carbonyl (C=O) groups is 2. The van der Waals surface area contributed by atoms with Gasteiger partial charge in [-0.05, 0) is 18.6 Å². The van der Waals surface area contributed by atoms with Crippen LogP contribution in [0.5, 0.6) is 11.5 Å². The monoisotopic (exact) mass is 279 g/mol. The molecule has 0 bridgehead atoms. The predicted octanol–water partition coefficient (Wildman–Crippen LogP) is 1.15. The van der Waals surface area contributed by atoms with Gasteiger partial charge in [-0.3, -0.25) is 4.79 Å². The summed E-state index contributed by atoms with van der Waals surface area (Å²) in [4.78, 5) is 24.6. The van der Waals surface area contributed by atoms with Gasteiger partial charge in [-0.25, -0.2) is 4.79 Å². The molecule has 0 saturated carbocycles. The van der Waals surface area contributed by atoms with Crippen molar-refractivity contribution in [1.29, 1.82) is 0 Å². The van der Waals surface area contributed by atoms with Crippen molar-refractivity contribution in [3.8, 4) is 11.5 Å². The van der Waals surface area contributed by atoms with Crippen molar-refractivity contribution in [3.63, 3.8) is 0 Å². The molecule has 0 saturated heterocycles. The molecule has 20 heavy (non-hydrogen) atoms. The Kier molecular flexibility index (Phi) is 4.12. The van der Waals surface area contributed by atoms with Gasteiger partial charge in [-0.2, -0.15) is 0 Å². The van der Waals surface area contributed by atoms with E-state index >= 15 is 0 Å². The van der Waals surface area contributed by atoms with E-state index in [0.29, 0.717) is 17.9 Å². The average Bonchev–Trinajstić information content (AvgIpc) is 2.46. The Hall–Kier alpha value is -2.24. The lowest BCUT2D eigenvalue weighted by atomic mass is 10.1. The van der Waals surface area contributed by atoms with Gasteiger partial charge in [0.2, 0.25) is 6.10 Å². The minimum absolute atomic E-state index is 0.0796. The first kappa shape index (κ1) is 14.2. The van der Waals surface area contributed by atoms with Gasteiger partial charge in [0.25, 0.3) is 5.91 Å². The topological polar surface area (TPSA) is 76.1 Å². The second-order valence-corrected chi connectivity index (χ2v) is 4.58. The Morgan fingerprint density at radius 1 is 1.40 bits per heavy atom. The van der Waals surface area contributed by atoms with Crippen LogP contribution in [0.3, 0.4) is 0 Å². The fourth-order valence-electron chi connectivity index (χ4n) is 2.14. The van der Waals surface area contributed by atoms with E-state index in [-0.39, 0.29) is 6.61 Å². The molecule has 1 aliphatic rings. The molecule has 2 atom stereocenters. The number of amides is 1. The SMILES string of the molecule is CCC(C(=O)O)N(C)C(=O)C1COc2ccccc2O1. The lowest BCUT2D eigenvalue weighted by Crippen LogP contribution is -2.50. The summed E-state index contributed by atoms with van der Waals surface area (Å²) in [7, 11) is 1.47. The highest BCUT2D eigenvalue weighted by molar-refractivity contribution is 5.86. The molecule has 1 amide bonds. The van der Waals surface area contributed by atoms with Crippen LogP contribution < -0.4 is 9.47 Å². The maximum atomic E-state index is 12.3. The van der Waals surface area contributed by atoms with Crippen LogP contribution in [-0.2, 0) is 9.59 Å². The van der Waals surface area contributed by atoms with Crippen LogP contribution in [0.4, 0.5) is 0 Å². The normalized spacial score (nSPS) is 18.2. The molecule has 0 aromatic heterocycles. The summed E-state index contributed by atoms with van der Waals surface area (Å²) in [6.45, 7) is 1.80. The van der Waals surface area contributed by atoms with E-state index in [1.165, 1.54) is 11.9 Å². The molecule has 0 fully saturated rings. The van der Waals surface area contributed by atoms with Gasteiger partial charge in [0, 0.05) is 7.05 Å². The maximum absolute atomic E-state index is 12.3. The van der Waals surface area contributed by atoms with Crippen molar-refractivity contribution >= 4 is 11.9 Å². The van der Waals surface area contributed by atoms with E-state index in [2.05, 4.69) is 0 Å². The molecule has 1 aromatic rings. The molecule has 2 unspecified atom stereocenters. The number of aliphatic carboxylic acids is 1. The van der Waals surface area contributed by atoms with Crippen molar-refractivity contribution in [1.82, 2.24) is 4.90 Å². The third-order valence-corrected chi connectivity index (χ3v) is 3.27. The number of carboxylic acid groups (broad SMARTS) is 1. The second-order valence-electron chi connectivity index (χ2n) is 4.58. The number of hydrogen-bond acceptors (Lipinski definition) is 4. The molecule has 1 heterocycles. The first-order valence-electron chi connectivity index (χ1n) is 6.42. The van der Waals surface area contributed by atoms with Gasteiger partial charge in [-0.1, -0.05) is 19.1 Å². The highest BCUT2D eigenvalue weighted by atomic mass is 16.6. The third-order valence-electron chi connectivity index (χ3n) is 3.27. The van der Waals surface area contributed by atoms with E-state index in [0.717, 1.165) is 0 Å². The van der Waals surface area contributed by atoms with Crippen LogP contribution in [-0.4, -0.2) is 47.7 Å². The Morgan fingerprint density at radius 3 is 2.65 bits per heavy atom. The zero-order valence-electron chi connectivity index (χ0n) is 11.4. The number of hydrogen-bond donors (Lipinski definition) is 1. The van der Waals surface area contributed by atoms with Crippen LogP contribution in [0, 0.1) is 0 Å². The quantitative estimate of drug-likeness (QED) is 0.894. The number of ether oxygens (including phenoxy) is 2. The summed E-state index contributed by atoms with van der Waals surface area (Å²) >= 11 is 0. The molecule has 0 radical (unpaired) electrons. The molecule has 6 heteroatoms. The molecule has 1 aliphatic heterocycles. The van der Waals surface area contributed by atoms with Gasteiger partial charge >= 0.3 is 5.97 Å². The van der Waals surface area contributed by atoms with E-state index < -0.39 is 24.0 Å². The number of nitrogens with zero attached hydrogens (tertiary/aromatic N) is 1. The van der Waals surface area contributed by atoms with Crippen LogP contribution in [0.1, 0.15) is 13.3 Å². The van der Waals surface area contributed by atoms with Crippen molar-refractivity contribution in [2.24, 2.45) is 0 Å². The summed E-state index contributed by atoms with van der Waals surface area (Å²) in [5.41, 5.74) is 0. The van der Waals surface area contributed by atoms with Crippen molar-refractivity contribution in [2.75, 3.05) is 13.7 Å². The summed E-state index contributed by atoms with van der Waals surface area (Å²) in [6, 6.07) is 6.21. The fourth-order valence-corrected chi connectivity index (χ4v) is 2.14. The zero-order valence-corrected chi connectivity index (χ0v) is 11.4. The predicted molar refractivity (Wildman–Crippen MR) is 70.8 cm³/mol. The third kappa shape index (κ3) is 2.68. The molecular formula is C14H17NO5. The molecule has 0 spiro atoms. The second kappa shape index (κ2) is 5.81. The van der Waals surface area contributed by atoms with Gasteiger partial charge in [0.05, 0.1) is 0 Å². The fraction of sp³-hybridized carbons (Fsp3) is 0.429. The van der Waals surface area contributed by atoms with E-state index in [4.69, 9.17) is 14.6 Å². The van der Waals surface area contributed by atoms with Crippen LogP contribution in [0.2, 0.25) is 0 Å². The van der Waals surface area contributed by atoms with Crippen LogP contribution >= 0.6 is 0 Å². The summed E-state index contributed by atoms with van der Waals surface area (Å²) in [5, 5.41) is 9.08. The smallest absolute Gasteiger partial charge is 0.326 e. The molecule has 108 valence electrons. The first-order chi connectivity index (χ1) is 9.54. The Bertz CT molecular complexity index is 516. The standard InChI is InChI=1S/C14H17NO5/c1-3-9(14(17)18)15(2)13(16)12-8-19-10-6-4-5-7-11(10)20-12/h4-7,9,12H,3,8H2,1-2H3,(H,17,18). The Morgan fingerprint density at radius 2 is 2.05 bits per heavy atom. The lowest BCUT2D eigenvalue weighted by Gasteiger charge is -2.31. The van der Waals surface area contributed by atoms with E-state index in [1.54, 1.807) is 25.1 Å².